The van der Waals surface area contributed by atoms with Crippen LogP contribution in [0.2, 0.25) is 0 Å². The number of aliphatic hydroxyl groups excluding tert-OH is 3. The third kappa shape index (κ3) is 9.35. The molecule has 0 saturated heterocycles. The van der Waals surface area contributed by atoms with Crippen LogP contribution < -0.4 is 4.74 Å². The lowest BCUT2D eigenvalue weighted by molar-refractivity contribution is 0.173. The Balaban J connectivity index is 3.61. The first kappa shape index (κ1) is 28.3. The van der Waals surface area contributed by atoms with E-state index in [9.17, 15) is 15.3 Å². The lowest BCUT2D eigenvalue weighted by Crippen LogP contribution is -2.20. The van der Waals surface area contributed by atoms with E-state index in [4.69, 9.17) is 4.74 Å². The minimum Gasteiger partial charge on any atom is -0.513 e. The molecule has 0 spiro atoms. The number of aliphatic hydroxyl groups is 3. The zero-order valence-corrected chi connectivity index (χ0v) is 21.2. The van der Waals surface area contributed by atoms with Crippen molar-refractivity contribution >= 4 is 0 Å². The summed E-state index contributed by atoms with van der Waals surface area (Å²) >= 11 is 0. The Kier molecular flexibility index (Phi) is 12.4. The first-order chi connectivity index (χ1) is 15.6. The second kappa shape index (κ2) is 14.4. The van der Waals surface area contributed by atoms with Crippen molar-refractivity contribution in [2.75, 3.05) is 7.11 Å². The molecule has 0 saturated carbocycles. The predicted molar refractivity (Wildman–Crippen MR) is 139 cm³/mol. The van der Waals surface area contributed by atoms with Crippen LogP contribution in [0.3, 0.4) is 0 Å². The highest BCUT2D eigenvalue weighted by Gasteiger charge is 2.27. The normalized spacial score (nSPS) is 17.4. The highest BCUT2D eigenvalue weighted by molar-refractivity contribution is 5.40. The van der Waals surface area contributed by atoms with Crippen LogP contribution in [0.25, 0.3) is 0 Å². The van der Waals surface area contributed by atoms with Gasteiger partial charge in [-0.1, -0.05) is 55.9 Å². The van der Waals surface area contributed by atoms with Gasteiger partial charge in [0, 0.05) is 5.92 Å². The Bertz CT molecular complexity index is 885. The average Bonchev–Trinajstić information content (AvgIpc) is 2.79. The van der Waals surface area contributed by atoms with Gasteiger partial charge in [0.2, 0.25) is 0 Å². The second-order valence-corrected chi connectivity index (χ2v) is 8.65. The minimum absolute atomic E-state index is 0.00706. The van der Waals surface area contributed by atoms with Gasteiger partial charge in [-0.3, -0.25) is 0 Å². The van der Waals surface area contributed by atoms with Crippen LogP contribution in [0, 0.1) is 18.8 Å². The van der Waals surface area contributed by atoms with E-state index in [2.05, 4.69) is 38.1 Å². The largest absolute Gasteiger partial charge is 0.513 e. The maximum atomic E-state index is 10.1. The Morgan fingerprint density at radius 2 is 1.85 bits per heavy atom. The maximum absolute atomic E-state index is 10.1. The monoisotopic (exact) mass is 454 g/mol. The van der Waals surface area contributed by atoms with E-state index in [0.717, 1.165) is 16.9 Å². The molecule has 3 N–H and O–H groups in total. The zero-order valence-electron chi connectivity index (χ0n) is 21.2. The fourth-order valence-corrected chi connectivity index (χ4v) is 3.98. The van der Waals surface area contributed by atoms with Gasteiger partial charge in [-0.05, 0) is 87.8 Å². The molecule has 0 heterocycles. The summed E-state index contributed by atoms with van der Waals surface area (Å²) in [5, 5.41) is 29.7. The first-order valence-corrected chi connectivity index (χ1v) is 11.7. The van der Waals surface area contributed by atoms with Crippen molar-refractivity contribution in [3.8, 4) is 5.75 Å². The van der Waals surface area contributed by atoms with Crippen molar-refractivity contribution in [3.63, 3.8) is 0 Å². The number of allylic oxidation sites excluding steroid dienone is 8. The van der Waals surface area contributed by atoms with E-state index in [0.29, 0.717) is 12.8 Å². The number of rotatable bonds is 12. The molecule has 4 heteroatoms. The van der Waals surface area contributed by atoms with Crippen molar-refractivity contribution < 1.29 is 20.1 Å². The summed E-state index contributed by atoms with van der Waals surface area (Å²) in [4.78, 5) is 0. The average molecular weight is 455 g/mol. The summed E-state index contributed by atoms with van der Waals surface area (Å²) in [5.41, 5.74) is 3.36. The number of methoxy groups -OCH3 is 1. The van der Waals surface area contributed by atoms with Crippen molar-refractivity contribution in [2.45, 2.75) is 66.4 Å². The van der Waals surface area contributed by atoms with E-state index < -0.39 is 0 Å². The fraction of sp³-hybridized carbons (Fsp3) is 0.448. The molecule has 4 atom stereocenters. The topological polar surface area (TPSA) is 69.9 Å². The third-order valence-electron chi connectivity index (χ3n) is 5.99. The summed E-state index contributed by atoms with van der Waals surface area (Å²) in [7, 11) is 1.67. The summed E-state index contributed by atoms with van der Waals surface area (Å²) < 4.78 is 5.46. The van der Waals surface area contributed by atoms with Crippen LogP contribution in [0.1, 0.15) is 64.5 Å². The SMILES string of the molecule is C/C=C(O)\C=C/C(C)C(/C(C)=C/CC(O)CC)C(/C=C/C=C(\C)O)c1ccc(OC)c(C)c1. The highest BCUT2D eigenvalue weighted by atomic mass is 16.5. The van der Waals surface area contributed by atoms with Gasteiger partial charge in [-0.15, -0.1) is 0 Å². The molecule has 0 radical (unpaired) electrons. The standard InChI is InChI=1S/C29H42O4/c1-8-25(31)16-13-20(3)29(21(4)14-17-26(32)9-2)27(12-10-11-23(6)30)24-15-18-28(33-7)22(5)19-24/h8,10-16,18-20,26-27,29-32H,9,17H2,1-7H3/b12-10+,16-13-,21-14+,23-11+,25-8+. The van der Waals surface area contributed by atoms with Crippen molar-refractivity contribution in [3.05, 3.63) is 88.9 Å². The molecule has 1 aromatic carbocycles. The van der Waals surface area contributed by atoms with Crippen molar-refractivity contribution in [2.24, 2.45) is 11.8 Å². The molecule has 0 fully saturated rings. The maximum Gasteiger partial charge on any atom is 0.121 e. The van der Waals surface area contributed by atoms with Gasteiger partial charge in [-0.25, -0.2) is 0 Å². The highest BCUT2D eigenvalue weighted by Crippen LogP contribution is 2.39. The predicted octanol–water partition coefficient (Wildman–Crippen LogP) is 7.48. The molecular formula is C29H42O4. The zero-order chi connectivity index (χ0) is 25.0. The summed E-state index contributed by atoms with van der Waals surface area (Å²) in [6, 6.07) is 6.21. The van der Waals surface area contributed by atoms with Gasteiger partial charge < -0.3 is 20.1 Å². The molecule has 1 aromatic rings. The van der Waals surface area contributed by atoms with E-state index in [1.54, 1.807) is 39.2 Å². The fourth-order valence-electron chi connectivity index (χ4n) is 3.98. The van der Waals surface area contributed by atoms with Crippen LogP contribution in [-0.2, 0) is 0 Å². The van der Waals surface area contributed by atoms with E-state index in [-0.39, 0.29) is 35.4 Å². The van der Waals surface area contributed by atoms with Crippen molar-refractivity contribution in [1.29, 1.82) is 0 Å². The van der Waals surface area contributed by atoms with Gasteiger partial charge in [0.1, 0.15) is 11.5 Å². The number of aryl methyl sites for hydroxylation is 1. The summed E-state index contributed by atoms with van der Waals surface area (Å²) in [6.45, 7) is 11.7. The Hall–Kier alpha value is -2.72. The van der Waals surface area contributed by atoms with Gasteiger partial charge in [0.15, 0.2) is 0 Å². The summed E-state index contributed by atoms with van der Waals surface area (Å²) in [5.74, 6) is 1.50. The molecule has 0 aliphatic heterocycles. The van der Waals surface area contributed by atoms with Crippen LogP contribution in [-0.4, -0.2) is 28.5 Å². The quantitative estimate of drug-likeness (QED) is 0.174. The first-order valence-electron chi connectivity index (χ1n) is 11.7. The number of hydrogen-bond acceptors (Lipinski definition) is 4. The number of ether oxygens (including phenoxy) is 1. The van der Waals surface area contributed by atoms with Crippen LogP contribution in [0.4, 0.5) is 0 Å². The molecular weight excluding hydrogens is 412 g/mol. The van der Waals surface area contributed by atoms with Gasteiger partial charge in [0.05, 0.1) is 19.0 Å². The van der Waals surface area contributed by atoms with E-state index >= 15 is 0 Å². The number of benzene rings is 1. The summed E-state index contributed by atoms with van der Waals surface area (Å²) in [6.07, 6.45) is 14.2. The Morgan fingerprint density at radius 1 is 1.15 bits per heavy atom. The molecule has 4 nitrogen and oxygen atoms in total. The third-order valence-corrected chi connectivity index (χ3v) is 5.99. The molecule has 0 bridgehead atoms. The molecule has 182 valence electrons. The smallest absolute Gasteiger partial charge is 0.121 e. The lowest BCUT2D eigenvalue weighted by atomic mass is 9.73. The lowest BCUT2D eigenvalue weighted by Gasteiger charge is -2.31. The van der Waals surface area contributed by atoms with Crippen LogP contribution in [0.5, 0.6) is 5.75 Å². The molecule has 33 heavy (non-hydrogen) atoms. The van der Waals surface area contributed by atoms with Crippen LogP contribution in [0.15, 0.2) is 77.8 Å². The molecule has 0 aromatic heterocycles. The minimum atomic E-state index is -0.365. The van der Waals surface area contributed by atoms with Gasteiger partial charge in [0.25, 0.3) is 0 Å². The second-order valence-electron chi connectivity index (χ2n) is 8.65. The van der Waals surface area contributed by atoms with Gasteiger partial charge in [-0.2, -0.15) is 0 Å². The number of hydrogen-bond donors (Lipinski definition) is 3. The van der Waals surface area contributed by atoms with Crippen molar-refractivity contribution in [1.82, 2.24) is 0 Å². The molecule has 0 amide bonds. The molecule has 0 aliphatic rings. The Labute approximate surface area is 200 Å². The molecule has 1 rings (SSSR count). The molecule has 4 unspecified atom stereocenters. The molecule has 0 aliphatic carbocycles. The Morgan fingerprint density at radius 3 is 2.39 bits per heavy atom. The van der Waals surface area contributed by atoms with Gasteiger partial charge >= 0.3 is 0 Å². The van der Waals surface area contributed by atoms with E-state index in [1.165, 1.54) is 5.57 Å². The van der Waals surface area contributed by atoms with Crippen LogP contribution >= 0.6 is 0 Å². The van der Waals surface area contributed by atoms with E-state index in [1.807, 2.05) is 32.1 Å².